The summed E-state index contributed by atoms with van der Waals surface area (Å²) in [5.41, 5.74) is 1.91. The van der Waals surface area contributed by atoms with Crippen molar-refractivity contribution in [2.45, 2.75) is 37.3 Å². The van der Waals surface area contributed by atoms with Crippen LogP contribution in [0.2, 0.25) is 0 Å². The molecular weight excluding hydrogens is 422 g/mol. The van der Waals surface area contributed by atoms with Crippen molar-refractivity contribution in [3.05, 3.63) is 51.7 Å². The zero-order valence-corrected chi connectivity index (χ0v) is 18.3. The molecule has 2 aromatic rings. The lowest BCUT2D eigenvalue weighted by atomic mass is 9.86. The molecule has 30 heavy (non-hydrogen) atoms. The van der Waals surface area contributed by atoms with Gasteiger partial charge in [0.2, 0.25) is 5.91 Å². The fourth-order valence-electron chi connectivity index (χ4n) is 4.65. The lowest BCUT2D eigenvalue weighted by Crippen LogP contribution is -2.44. The summed E-state index contributed by atoms with van der Waals surface area (Å²) < 4.78 is 6.22. The predicted molar refractivity (Wildman–Crippen MR) is 120 cm³/mol. The van der Waals surface area contributed by atoms with Gasteiger partial charge in [-0.1, -0.05) is 18.2 Å². The summed E-state index contributed by atoms with van der Waals surface area (Å²) in [6, 6.07) is 11.5. The summed E-state index contributed by atoms with van der Waals surface area (Å²) in [5, 5.41) is 6.48. The van der Waals surface area contributed by atoms with Gasteiger partial charge >= 0.3 is 0 Å². The van der Waals surface area contributed by atoms with E-state index in [9.17, 15) is 9.59 Å². The van der Waals surface area contributed by atoms with E-state index in [-0.39, 0.29) is 35.9 Å². The molecule has 160 valence electrons. The number of thiophene rings is 1. The fraction of sp³-hybridized carbons (Fsp3) is 0.455. The zero-order chi connectivity index (χ0) is 19.8. The normalized spacial score (nSPS) is 22.5. The molecule has 0 saturated carbocycles. The van der Waals surface area contributed by atoms with Crippen LogP contribution < -0.4 is 15.5 Å². The van der Waals surface area contributed by atoms with Crippen LogP contribution in [0.15, 0.2) is 36.4 Å². The molecule has 2 amide bonds. The number of rotatable bonds is 3. The van der Waals surface area contributed by atoms with Crippen molar-refractivity contribution in [3.8, 4) is 0 Å². The Morgan fingerprint density at radius 2 is 2.00 bits per heavy atom. The maximum Gasteiger partial charge on any atom is 0.261 e. The van der Waals surface area contributed by atoms with Gasteiger partial charge in [-0.3, -0.25) is 9.59 Å². The summed E-state index contributed by atoms with van der Waals surface area (Å²) in [4.78, 5) is 29.1. The van der Waals surface area contributed by atoms with E-state index < -0.39 is 0 Å². The highest BCUT2D eigenvalue weighted by Crippen LogP contribution is 2.44. The van der Waals surface area contributed by atoms with Crippen LogP contribution in [-0.4, -0.2) is 44.1 Å². The van der Waals surface area contributed by atoms with Crippen molar-refractivity contribution in [3.63, 3.8) is 0 Å². The van der Waals surface area contributed by atoms with Gasteiger partial charge in [-0.05, 0) is 56.1 Å². The largest absolute Gasteiger partial charge is 0.369 e. The topological polar surface area (TPSA) is 70.7 Å². The second kappa shape index (κ2) is 8.67. The van der Waals surface area contributed by atoms with Gasteiger partial charge in [0.25, 0.3) is 5.91 Å². The van der Waals surface area contributed by atoms with Gasteiger partial charge in [-0.2, -0.15) is 0 Å². The van der Waals surface area contributed by atoms with E-state index in [1.807, 2.05) is 36.4 Å². The number of carbonyl (C=O) groups is 2. The number of hydrogen-bond acceptors (Lipinski definition) is 5. The third-order valence-electron chi connectivity index (χ3n) is 6.14. The lowest BCUT2D eigenvalue weighted by molar-refractivity contribution is -0.117. The molecular formula is C22H26ClN3O3S. The average Bonchev–Trinajstić information content (AvgIpc) is 3.34. The summed E-state index contributed by atoms with van der Waals surface area (Å²) in [5.74, 6) is -0.0322. The number of nitrogens with zero attached hydrogens (tertiary/aromatic N) is 1. The maximum absolute atomic E-state index is 13.0. The number of halogens is 1. The number of para-hydroxylation sites is 1. The Bertz CT molecular complexity index is 927. The van der Waals surface area contributed by atoms with E-state index in [4.69, 9.17) is 4.74 Å². The molecule has 1 aromatic carbocycles. The van der Waals surface area contributed by atoms with Gasteiger partial charge in [0.05, 0.1) is 17.5 Å². The molecule has 1 aromatic heterocycles. The molecule has 0 aliphatic carbocycles. The molecule has 8 heteroatoms. The molecule has 2 saturated heterocycles. The number of nitrogens with one attached hydrogen (secondary N) is 2. The molecule has 2 N–H and O–H groups in total. The molecule has 1 unspecified atom stereocenters. The van der Waals surface area contributed by atoms with Crippen molar-refractivity contribution < 1.29 is 14.3 Å². The highest BCUT2D eigenvalue weighted by Gasteiger charge is 2.41. The van der Waals surface area contributed by atoms with Crippen LogP contribution in [0.4, 0.5) is 5.69 Å². The average molecular weight is 448 g/mol. The Kier molecular flexibility index (Phi) is 6.16. The zero-order valence-electron chi connectivity index (χ0n) is 16.7. The Labute approximate surface area is 186 Å². The van der Waals surface area contributed by atoms with Gasteiger partial charge in [0, 0.05) is 23.5 Å². The van der Waals surface area contributed by atoms with Crippen LogP contribution >= 0.6 is 23.7 Å². The van der Waals surface area contributed by atoms with Crippen LogP contribution in [-0.2, 0) is 21.6 Å². The number of hydrogen-bond donors (Lipinski definition) is 2. The van der Waals surface area contributed by atoms with Crippen LogP contribution in [0.25, 0.3) is 0 Å². The van der Waals surface area contributed by atoms with E-state index in [0.717, 1.165) is 42.9 Å². The number of piperidine rings is 1. The lowest BCUT2D eigenvalue weighted by Gasteiger charge is -2.40. The minimum absolute atomic E-state index is 0. The number of fused-ring (bicyclic) bond motifs is 2. The Morgan fingerprint density at radius 3 is 2.77 bits per heavy atom. The Hall–Kier alpha value is -1.93. The minimum Gasteiger partial charge on any atom is -0.369 e. The molecule has 1 atom stereocenters. The molecule has 6 nitrogen and oxygen atoms in total. The van der Waals surface area contributed by atoms with Gasteiger partial charge in [-0.25, -0.2) is 0 Å². The third kappa shape index (κ3) is 3.87. The van der Waals surface area contributed by atoms with E-state index in [1.54, 1.807) is 16.2 Å². The van der Waals surface area contributed by atoms with E-state index in [1.165, 1.54) is 10.4 Å². The van der Waals surface area contributed by atoms with Crippen molar-refractivity contribution in [1.29, 1.82) is 0 Å². The first-order valence-corrected chi connectivity index (χ1v) is 11.1. The highest BCUT2D eigenvalue weighted by atomic mass is 35.5. The van der Waals surface area contributed by atoms with Crippen molar-refractivity contribution in [1.82, 2.24) is 10.6 Å². The molecule has 0 radical (unpaired) electrons. The molecule has 4 heterocycles. The summed E-state index contributed by atoms with van der Waals surface area (Å²) >= 11 is 1.57. The SMILES string of the molecule is Cl.O=C(NC1CC(=O)N(c2ccccc2)C1)c1cc2c(s1)C1(CCNCC1)OCC2. The van der Waals surface area contributed by atoms with Crippen LogP contribution in [0, 0.1) is 0 Å². The first kappa shape index (κ1) is 21.3. The van der Waals surface area contributed by atoms with E-state index in [2.05, 4.69) is 10.6 Å². The minimum atomic E-state index is -0.227. The second-order valence-corrected chi connectivity index (χ2v) is 9.07. The van der Waals surface area contributed by atoms with E-state index >= 15 is 0 Å². The van der Waals surface area contributed by atoms with Gasteiger partial charge in [0.15, 0.2) is 0 Å². The van der Waals surface area contributed by atoms with Crippen molar-refractivity contribution in [2.24, 2.45) is 0 Å². The Balaban J connectivity index is 0.00000218. The van der Waals surface area contributed by atoms with Gasteiger partial charge < -0.3 is 20.3 Å². The molecule has 1 spiro atoms. The van der Waals surface area contributed by atoms with Gasteiger partial charge in [-0.15, -0.1) is 23.7 Å². The van der Waals surface area contributed by atoms with E-state index in [0.29, 0.717) is 19.6 Å². The number of amides is 2. The molecule has 3 aliphatic rings. The van der Waals surface area contributed by atoms with Crippen molar-refractivity contribution in [2.75, 3.05) is 31.1 Å². The standard InChI is InChI=1S/C22H25N3O3S.ClH/c26-19-13-16(14-25(19)17-4-2-1-3-5-17)24-21(27)18-12-15-6-11-28-22(20(15)29-18)7-9-23-10-8-22;/h1-5,12,16,23H,6-11,13-14H2,(H,24,27);1H. The smallest absolute Gasteiger partial charge is 0.261 e. The third-order valence-corrected chi connectivity index (χ3v) is 7.50. The molecule has 2 fully saturated rings. The summed E-state index contributed by atoms with van der Waals surface area (Å²) in [6.45, 7) is 3.11. The fourth-order valence-corrected chi connectivity index (χ4v) is 5.97. The highest BCUT2D eigenvalue weighted by molar-refractivity contribution is 7.14. The van der Waals surface area contributed by atoms with Crippen LogP contribution in [0.3, 0.4) is 0 Å². The summed E-state index contributed by atoms with van der Waals surface area (Å²) in [7, 11) is 0. The molecule has 3 aliphatic heterocycles. The van der Waals surface area contributed by atoms with Gasteiger partial charge in [0.1, 0.15) is 5.60 Å². The van der Waals surface area contributed by atoms with Crippen LogP contribution in [0.1, 0.15) is 39.4 Å². The quantitative estimate of drug-likeness (QED) is 0.759. The second-order valence-electron chi connectivity index (χ2n) is 8.02. The van der Waals surface area contributed by atoms with Crippen LogP contribution in [0.5, 0.6) is 0 Å². The number of carbonyl (C=O) groups excluding carboxylic acids is 2. The molecule has 5 rings (SSSR count). The predicted octanol–water partition coefficient (Wildman–Crippen LogP) is 2.86. The number of anilines is 1. The molecule has 0 bridgehead atoms. The monoisotopic (exact) mass is 447 g/mol. The number of ether oxygens (including phenoxy) is 1. The first-order valence-electron chi connectivity index (χ1n) is 10.3. The summed E-state index contributed by atoms with van der Waals surface area (Å²) in [6.07, 6.45) is 3.10. The van der Waals surface area contributed by atoms with Crippen molar-refractivity contribution >= 4 is 41.2 Å². The maximum atomic E-state index is 13.0. The first-order chi connectivity index (χ1) is 14.1. The number of benzene rings is 1. The Morgan fingerprint density at radius 1 is 1.23 bits per heavy atom.